The van der Waals surface area contributed by atoms with E-state index in [-0.39, 0.29) is 59.2 Å². The molecule has 0 bridgehead atoms. The number of nitriles is 1. The Labute approximate surface area is 90.8 Å². The van der Waals surface area contributed by atoms with E-state index in [1.807, 2.05) is 0 Å². The standard InChI is InChI=1S/C3H4N2O2.K.H/c4-2-1-3(6)7-5;;/h1,5H2;;/q;+1;-1. The third-order valence-corrected chi connectivity index (χ3v) is 0.355. The zero-order chi connectivity index (χ0) is 5.70. The number of carbonyl (C=O) groups is 1. The molecular formula is C3H5KN2O2. The summed E-state index contributed by atoms with van der Waals surface area (Å²) in [5.41, 5.74) is 0. The molecule has 0 amide bonds. The van der Waals surface area contributed by atoms with Crippen LogP contribution in [0.15, 0.2) is 0 Å². The molecule has 5 heteroatoms. The van der Waals surface area contributed by atoms with Gasteiger partial charge < -0.3 is 6.26 Å². The van der Waals surface area contributed by atoms with Gasteiger partial charge in [0.15, 0.2) is 0 Å². The van der Waals surface area contributed by atoms with Gasteiger partial charge in [-0.05, 0) is 0 Å². The molecule has 0 spiro atoms. The van der Waals surface area contributed by atoms with Gasteiger partial charge in [0.25, 0.3) is 0 Å². The van der Waals surface area contributed by atoms with Gasteiger partial charge in [-0.2, -0.15) is 11.2 Å². The van der Waals surface area contributed by atoms with E-state index in [4.69, 9.17) is 5.26 Å². The molecule has 0 rings (SSSR count). The summed E-state index contributed by atoms with van der Waals surface area (Å²) in [6.45, 7) is 0. The van der Waals surface area contributed by atoms with Crippen LogP contribution in [0.5, 0.6) is 0 Å². The van der Waals surface area contributed by atoms with Crippen LogP contribution in [0, 0.1) is 11.3 Å². The summed E-state index contributed by atoms with van der Waals surface area (Å²) in [5, 5.41) is 7.76. The smallest absolute Gasteiger partial charge is 1.00 e. The molecule has 0 radical (unpaired) electrons. The van der Waals surface area contributed by atoms with Gasteiger partial charge in [0.05, 0.1) is 6.07 Å². The van der Waals surface area contributed by atoms with Crippen LogP contribution in [0.1, 0.15) is 7.85 Å². The fourth-order valence-corrected chi connectivity index (χ4v) is 0.106. The molecule has 0 aliphatic carbocycles. The number of carbonyl (C=O) groups excluding carboxylic acids is 1. The molecule has 0 saturated carbocycles. The summed E-state index contributed by atoms with van der Waals surface area (Å²) < 4.78 is 0. The summed E-state index contributed by atoms with van der Waals surface area (Å²) in [5.74, 6) is 3.65. The van der Waals surface area contributed by atoms with Crippen molar-refractivity contribution in [2.75, 3.05) is 0 Å². The minimum atomic E-state index is -0.706. The Kier molecular flexibility index (Phi) is 10.7. The molecule has 0 aliphatic heterocycles. The molecule has 0 aliphatic rings. The van der Waals surface area contributed by atoms with Crippen LogP contribution >= 0.6 is 0 Å². The second-order valence-corrected chi connectivity index (χ2v) is 0.825. The summed E-state index contributed by atoms with van der Waals surface area (Å²) in [6, 6.07) is 1.56. The Morgan fingerprint density at radius 2 is 2.50 bits per heavy atom. The third-order valence-electron chi connectivity index (χ3n) is 0.355. The topological polar surface area (TPSA) is 76.1 Å². The Hall–Kier alpha value is 0.556. The molecule has 0 fully saturated rings. The van der Waals surface area contributed by atoms with Crippen molar-refractivity contribution < 1.29 is 62.4 Å². The molecule has 0 aromatic heterocycles. The number of hydrogen-bond donors (Lipinski definition) is 1. The molecule has 40 valence electrons. The quantitative estimate of drug-likeness (QED) is 0.302. The molecule has 0 aromatic rings. The number of nitrogens with two attached hydrogens (primary N) is 1. The second kappa shape index (κ2) is 7.56. The number of hydrogen-bond acceptors (Lipinski definition) is 4. The first kappa shape index (κ1) is 11.4. The first-order valence-corrected chi connectivity index (χ1v) is 1.57. The SMILES string of the molecule is N#CCC(=O)ON.[H-].[K+]. The van der Waals surface area contributed by atoms with E-state index in [9.17, 15) is 4.79 Å². The largest absolute Gasteiger partial charge is 1.00 e. The molecule has 0 aromatic carbocycles. The molecule has 2 N–H and O–H groups in total. The van der Waals surface area contributed by atoms with Gasteiger partial charge in [-0.15, -0.1) is 0 Å². The second-order valence-electron chi connectivity index (χ2n) is 0.825. The van der Waals surface area contributed by atoms with E-state index in [2.05, 4.69) is 10.7 Å². The van der Waals surface area contributed by atoms with Gasteiger partial charge in [-0.1, -0.05) is 0 Å². The van der Waals surface area contributed by atoms with E-state index in [1.54, 1.807) is 6.07 Å². The predicted molar refractivity (Wildman–Crippen MR) is 21.6 cm³/mol. The molecule has 0 saturated heterocycles. The van der Waals surface area contributed by atoms with E-state index >= 15 is 0 Å². The number of rotatable bonds is 1. The molecular weight excluding hydrogens is 135 g/mol. The van der Waals surface area contributed by atoms with Crippen LogP contribution in [0.25, 0.3) is 0 Å². The Bertz CT molecular complexity index is 113. The Morgan fingerprint density at radius 1 is 2.00 bits per heavy atom. The van der Waals surface area contributed by atoms with Gasteiger partial charge in [0.2, 0.25) is 0 Å². The minimum Gasteiger partial charge on any atom is -1.00 e. The maximum Gasteiger partial charge on any atom is 1.00 e. The maximum atomic E-state index is 9.84. The summed E-state index contributed by atoms with van der Waals surface area (Å²) in [6.07, 6.45) is -0.281. The summed E-state index contributed by atoms with van der Waals surface area (Å²) in [4.78, 5) is 13.5. The first-order valence-electron chi connectivity index (χ1n) is 1.57. The van der Waals surface area contributed by atoms with Crippen molar-refractivity contribution in [2.24, 2.45) is 5.90 Å². The van der Waals surface area contributed by atoms with Crippen molar-refractivity contribution in [1.82, 2.24) is 0 Å². The van der Waals surface area contributed by atoms with E-state index in [1.165, 1.54) is 0 Å². The average Bonchev–Trinajstić information content (AvgIpc) is 1.68. The molecule has 8 heavy (non-hydrogen) atoms. The molecule has 4 nitrogen and oxygen atoms in total. The normalized spacial score (nSPS) is 6.00. The molecule has 0 heterocycles. The monoisotopic (exact) mass is 140 g/mol. The van der Waals surface area contributed by atoms with Crippen LogP contribution in [0.2, 0.25) is 0 Å². The van der Waals surface area contributed by atoms with E-state index in [0.717, 1.165) is 0 Å². The average molecular weight is 140 g/mol. The van der Waals surface area contributed by atoms with Gasteiger partial charge in [-0.3, -0.25) is 0 Å². The van der Waals surface area contributed by atoms with Crippen molar-refractivity contribution in [3.8, 4) is 6.07 Å². The van der Waals surface area contributed by atoms with E-state index < -0.39 is 5.97 Å². The van der Waals surface area contributed by atoms with Gasteiger partial charge in [-0.25, -0.2) is 4.79 Å². The van der Waals surface area contributed by atoms with Crippen LogP contribution in [-0.4, -0.2) is 5.97 Å². The van der Waals surface area contributed by atoms with Crippen molar-refractivity contribution in [2.45, 2.75) is 6.42 Å². The predicted octanol–water partition coefficient (Wildman–Crippen LogP) is -3.57. The maximum absolute atomic E-state index is 9.84. The molecule has 0 unspecified atom stereocenters. The van der Waals surface area contributed by atoms with Gasteiger partial charge >= 0.3 is 57.4 Å². The van der Waals surface area contributed by atoms with Crippen molar-refractivity contribution in [3.05, 3.63) is 0 Å². The first-order chi connectivity index (χ1) is 3.31. The zero-order valence-corrected chi connectivity index (χ0v) is 7.67. The summed E-state index contributed by atoms with van der Waals surface area (Å²) >= 11 is 0. The van der Waals surface area contributed by atoms with Gasteiger partial charge in [0.1, 0.15) is 6.42 Å². The zero-order valence-electron chi connectivity index (χ0n) is 5.55. The minimum absolute atomic E-state index is 0. The van der Waals surface area contributed by atoms with Crippen molar-refractivity contribution in [1.29, 1.82) is 5.26 Å². The Balaban J connectivity index is -0.000000180. The summed E-state index contributed by atoms with van der Waals surface area (Å²) in [7, 11) is 0. The van der Waals surface area contributed by atoms with E-state index in [0.29, 0.717) is 0 Å². The third kappa shape index (κ3) is 6.56. The van der Waals surface area contributed by atoms with Crippen molar-refractivity contribution in [3.63, 3.8) is 0 Å². The van der Waals surface area contributed by atoms with Crippen LogP contribution in [0.3, 0.4) is 0 Å². The fourth-order valence-electron chi connectivity index (χ4n) is 0.106. The van der Waals surface area contributed by atoms with Gasteiger partial charge in [0, 0.05) is 0 Å². The molecule has 0 atom stereocenters. The fraction of sp³-hybridized carbons (Fsp3) is 0.333. The van der Waals surface area contributed by atoms with Crippen LogP contribution in [-0.2, 0) is 9.63 Å². The number of nitrogens with zero attached hydrogens (tertiary/aromatic N) is 1. The van der Waals surface area contributed by atoms with Crippen LogP contribution in [0.4, 0.5) is 0 Å². The van der Waals surface area contributed by atoms with Crippen molar-refractivity contribution >= 4 is 5.97 Å². The Morgan fingerprint density at radius 3 is 2.62 bits per heavy atom. The van der Waals surface area contributed by atoms with Crippen LogP contribution < -0.4 is 57.3 Å².